The van der Waals surface area contributed by atoms with Gasteiger partial charge in [0.05, 0.1) is 39.2 Å². The first-order valence-corrected chi connectivity index (χ1v) is 14.7. The molecule has 0 N–H and O–H groups in total. The van der Waals surface area contributed by atoms with Crippen molar-refractivity contribution in [2.45, 2.75) is 0 Å². The first-order chi connectivity index (χ1) is 22.9. The van der Waals surface area contributed by atoms with E-state index < -0.39 is 34.6 Å². The molecule has 0 fully saturated rings. The van der Waals surface area contributed by atoms with Crippen LogP contribution in [0.5, 0.6) is 0 Å². The van der Waals surface area contributed by atoms with Crippen molar-refractivity contribution in [3.8, 4) is 44.9 Å². The van der Waals surface area contributed by atoms with Crippen molar-refractivity contribution in [1.82, 2.24) is 15.0 Å². The zero-order chi connectivity index (χ0) is 32.2. The van der Waals surface area contributed by atoms with Gasteiger partial charge in [-0.05, 0) is 23.8 Å². The fourth-order valence-corrected chi connectivity index (χ4v) is 6.10. The first-order valence-electron chi connectivity index (χ1n) is 14.7. The molecule has 0 saturated carbocycles. The van der Waals surface area contributed by atoms with Crippen LogP contribution >= 0.6 is 0 Å². The molecule has 0 aliphatic heterocycles. The molecule has 0 saturated heterocycles. The van der Waals surface area contributed by atoms with Crippen molar-refractivity contribution < 1.29 is 22.0 Å². The molecule has 6 aromatic carbocycles. The second-order valence-corrected chi connectivity index (χ2v) is 11.0. The largest absolute Gasteiger partial charge is 0.247 e. The number of rotatable bonds is 4. The molecule has 2 heterocycles. The summed E-state index contributed by atoms with van der Waals surface area (Å²) in [5, 5.41) is 2.00. The van der Waals surface area contributed by atoms with Crippen LogP contribution in [0.3, 0.4) is 0 Å². The van der Waals surface area contributed by atoms with E-state index in [1.807, 2.05) is 72.8 Å². The Bertz CT molecular complexity index is 2490. The molecule has 0 aliphatic carbocycles. The minimum absolute atomic E-state index is 0.183. The maximum absolute atomic E-state index is 15.2. The number of pyridine rings is 1. The summed E-state index contributed by atoms with van der Waals surface area (Å²) in [7, 11) is 0. The van der Waals surface area contributed by atoms with E-state index in [1.165, 1.54) is 12.1 Å². The third-order valence-corrected chi connectivity index (χ3v) is 8.25. The van der Waals surface area contributed by atoms with Crippen LogP contribution in [-0.4, -0.2) is 15.0 Å². The zero-order valence-electron chi connectivity index (χ0n) is 24.3. The van der Waals surface area contributed by atoms with E-state index in [-0.39, 0.29) is 16.8 Å². The SMILES string of the molecule is Fc1c(F)c(F)c(-c2ccccc2-c2nc3ccccc3c3c2ccc2nc(-c4ccccc4)c(-c4ccccc4)nc23)c(F)c1F. The molecule has 8 heteroatoms. The highest BCUT2D eigenvalue weighted by atomic mass is 19.2. The van der Waals surface area contributed by atoms with E-state index in [4.69, 9.17) is 15.0 Å². The van der Waals surface area contributed by atoms with Gasteiger partial charge in [0.1, 0.15) is 0 Å². The van der Waals surface area contributed by atoms with Crippen molar-refractivity contribution >= 4 is 32.7 Å². The standard InChI is InChI=1S/C39H20F5N3/c40-31-30(32(41)34(43)35(44)33(31)42)23-15-7-8-16-24(23)38-26-19-20-28-39(29(26)25-17-9-10-18-27(25)45-38)47-37(22-13-5-2-6-14-22)36(46-28)21-11-3-1-4-12-21/h1-20H. The molecule has 226 valence electrons. The summed E-state index contributed by atoms with van der Waals surface area (Å²) < 4.78 is 73.2. The van der Waals surface area contributed by atoms with Crippen molar-refractivity contribution in [2.75, 3.05) is 0 Å². The van der Waals surface area contributed by atoms with E-state index in [0.717, 1.165) is 16.5 Å². The number of hydrogen-bond donors (Lipinski definition) is 0. The summed E-state index contributed by atoms with van der Waals surface area (Å²) in [6.45, 7) is 0. The van der Waals surface area contributed by atoms with Gasteiger partial charge in [0.15, 0.2) is 23.3 Å². The van der Waals surface area contributed by atoms with Crippen LogP contribution in [0.2, 0.25) is 0 Å². The lowest BCUT2D eigenvalue weighted by molar-refractivity contribution is 0.381. The van der Waals surface area contributed by atoms with E-state index in [1.54, 1.807) is 36.4 Å². The smallest absolute Gasteiger partial charge is 0.200 e. The minimum Gasteiger partial charge on any atom is -0.247 e. The molecule has 8 aromatic rings. The molecule has 0 radical (unpaired) electrons. The number of para-hydroxylation sites is 1. The Morgan fingerprint density at radius 2 is 0.872 bits per heavy atom. The van der Waals surface area contributed by atoms with E-state index in [0.29, 0.717) is 38.7 Å². The molecular formula is C39H20F5N3. The molecule has 47 heavy (non-hydrogen) atoms. The predicted molar refractivity (Wildman–Crippen MR) is 174 cm³/mol. The van der Waals surface area contributed by atoms with Crippen LogP contribution < -0.4 is 0 Å². The Morgan fingerprint density at radius 3 is 1.53 bits per heavy atom. The fourth-order valence-electron chi connectivity index (χ4n) is 6.10. The lowest BCUT2D eigenvalue weighted by Gasteiger charge is -2.17. The van der Waals surface area contributed by atoms with Gasteiger partial charge >= 0.3 is 0 Å². The van der Waals surface area contributed by atoms with Gasteiger partial charge in [-0.15, -0.1) is 0 Å². The van der Waals surface area contributed by atoms with Gasteiger partial charge in [-0.3, -0.25) is 0 Å². The van der Waals surface area contributed by atoms with Crippen LogP contribution in [-0.2, 0) is 0 Å². The lowest BCUT2D eigenvalue weighted by Crippen LogP contribution is -2.05. The lowest BCUT2D eigenvalue weighted by atomic mass is 9.92. The number of aromatic nitrogens is 3. The number of nitrogens with zero attached hydrogens (tertiary/aromatic N) is 3. The van der Waals surface area contributed by atoms with Crippen LogP contribution in [0.25, 0.3) is 77.6 Å². The number of halogens is 5. The van der Waals surface area contributed by atoms with Crippen molar-refractivity contribution in [1.29, 1.82) is 0 Å². The van der Waals surface area contributed by atoms with Crippen LogP contribution in [0.1, 0.15) is 0 Å². The van der Waals surface area contributed by atoms with Gasteiger partial charge in [0.25, 0.3) is 0 Å². The summed E-state index contributed by atoms with van der Waals surface area (Å²) in [5.41, 5.74) is 4.05. The summed E-state index contributed by atoms with van der Waals surface area (Å²) in [6.07, 6.45) is 0. The average Bonchev–Trinajstić information content (AvgIpc) is 3.13. The predicted octanol–water partition coefficient (Wildman–Crippen LogP) is 10.7. The molecule has 0 spiro atoms. The van der Waals surface area contributed by atoms with Crippen LogP contribution in [0.15, 0.2) is 121 Å². The molecule has 0 amide bonds. The summed E-state index contributed by atoms with van der Waals surface area (Å²) in [4.78, 5) is 15.2. The second-order valence-electron chi connectivity index (χ2n) is 11.0. The maximum atomic E-state index is 15.2. The molecule has 3 nitrogen and oxygen atoms in total. The third-order valence-electron chi connectivity index (χ3n) is 8.25. The van der Waals surface area contributed by atoms with Gasteiger partial charge in [-0.1, -0.05) is 103 Å². The van der Waals surface area contributed by atoms with Crippen molar-refractivity contribution in [3.05, 3.63) is 150 Å². The Morgan fingerprint density at radius 1 is 0.362 bits per heavy atom. The Kier molecular flexibility index (Phi) is 6.72. The monoisotopic (exact) mass is 625 g/mol. The molecular weight excluding hydrogens is 605 g/mol. The van der Waals surface area contributed by atoms with Crippen LogP contribution in [0.4, 0.5) is 22.0 Å². The number of fused-ring (bicyclic) bond motifs is 5. The highest BCUT2D eigenvalue weighted by Gasteiger charge is 2.29. The highest BCUT2D eigenvalue weighted by molar-refractivity contribution is 6.21. The zero-order valence-corrected chi connectivity index (χ0v) is 24.3. The van der Waals surface area contributed by atoms with Gasteiger partial charge in [-0.2, -0.15) is 0 Å². The van der Waals surface area contributed by atoms with Gasteiger partial charge in [0.2, 0.25) is 5.82 Å². The average molecular weight is 626 g/mol. The maximum Gasteiger partial charge on any atom is 0.200 e. The van der Waals surface area contributed by atoms with Gasteiger partial charge in [0, 0.05) is 32.8 Å². The van der Waals surface area contributed by atoms with Gasteiger partial charge in [-0.25, -0.2) is 36.9 Å². The van der Waals surface area contributed by atoms with Crippen molar-refractivity contribution in [2.24, 2.45) is 0 Å². The summed E-state index contributed by atoms with van der Waals surface area (Å²) in [5.74, 6) is -10.1. The first kappa shape index (κ1) is 28.5. The summed E-state index contributed by atoms with van der Waals surface area (Å²) in [6, 6.07) is 36.3. The highest BCUT2D eigenvalue weighted by Crippen LogP contribution is 2.43. The summed E-state index contributed by atoms with van der Waals surface area (Å²) >= 11 is 0. The topological polar surface area (TPSA) is 38.7 Å². The molecule has 8 rings (SSSR count). The molecule has 0 unspecified atom stereocenters. The number of hydrogen-bond acceptors (Lipinski definition) is 3. The third kappa shape index (κ3) is 4.52. The Balaban J connectivity index is 1.49. The van der Waals surface area contributed by atoms with Crippen LogP contribution in [0, 0.1) is 29.1 Å². The Hall–Kier alpha value is -6.02. The normalized spacial score (nSPS) is 11.5. The quantitative estimate of drug-likeness (QED) is 0.0846. The second kappa shape index (κ2) is 11.1. The van der Waals surface area contributed by atoms with E-state index in [2.05, 4.69) is 0 Å². The van der Waals surface area contributed by atoms with E-state index in [9.17, 15) is 13.2 Å². The molecule has 0 atom stereocenters. The van der Waals surface area contributed by atoms with E-state index >= 15 is 8.78 Å². The van der Waals surface area contributed by atoms with Crippen molar-refractivity contribution in [3.63, 3.8) is 0 Å². The van der Waals surface area contributed by atoms with Gasteiger partial charge < -0.3 is 0 Å². The number of benzene rings is 6. The minimum atomic E-state index is -2.22. The molecule has 0 bridgehead atoms. The Labute approximate surface area is 264 Å². The molecule has 2 aromatic heterocycles. The molecule has 0 aliphatic rings. The fraction of sp³-hybridized carbons (Fsp3) is 0.